The number of nitrogens with zero attached hydrogens (tertiary/aromatic N) is 1. The molecule has 0 aromatic heterocycles. The molecule has 0 saturated carbocycles. The van der Waals surface area contributed by atoms with Crippen molar-refractivity contribution in [1.29, 1.82) is 0 Å². The fourth-order valence-electron chi connectivity index (χ4n) is 5.17. The molecule has 2 aliphatic rings. The van der Waals surface area contributed by atoms with Crippen LogP contribution in [-0.2, 0) is 0 Å². The van der Waals surface area contributed by atoms with Crippen LogP contribution >= 0.6 is 15.9 Å². The SMILES string of the molecule is CCOc1cc(C=Nc2ccc([C@@H]3Nc4ccc(C)cc4[C@H]4C=CC[C@H]43)cc2)cc(Br)c1OCC. The van der Waals surface area contributed by atoms with E-state index < -0.39 is 0 Å². The maximum Gasteiger partial charge on any atom is 0.175 e. The average molecular weight is 531 g/mol. The lowest BCUT2D eigenvalue weighted by atomic mass is 9.76. The summed E-state index contributed by atoms with van der Waals surface area (Å²) in [6, 6.07) is 19.6. The molecule has 3 aromatic rings. The highest BCUT2D eigenvalue weighted by Gasteiger charge is 2.37. The molecule has 35 heavy (non-hydrogen) atoms. The Bertz CT molecular complexity index is 1270. The summed E-state index contributed by atoms with van der Waals surface area (Å²) in [5, 5.41) is 3.82. The average Bonchev–Trinajstić information content (AvgIpc) is 3.35. The van der Waals surface area contributed by atoms with Gasteiger partial charge in [-0.25, -0.2) is 0 Å². The summed E-state index contributed by atoms with van der Waals surface area (Å²) in [4.78, 5) is 4.72. The van der Waals surface area contributed by atoms with Gasteiger partial charge in [0.15, 0.2) is 11.5 Å². The van der Waals surface area contributed by atoms with Gasteiger partial charge in [0.25, 0.3) is 0 Å². The molecule has 3 aromatic carbocycles. The summed E-state index contributed by atoms with van der Waals surface area (Å²) in [6.07, 6.45) is 7.70. The molecule has 0 spiro atoms. The van der Waals surface area contributed by atoms with Gasteiger partial charge in [-0.3, -0.25) is 4.99 Å². The van der Waals surface area contributed by atoms with E-state index in [9.17, 15) is 0 Å². The van der Waals surface area contributed by atoms with E-state index in [4.69, 9.17) is 14.5 Å². The number of aliphatic imine (C=N–C) groups is 1. The van der Waals surface area contributed by atoms with Gasteiger partial charge in [0.2, 0.25) is 0 Å². The number of benzene rings is 3. The van der Waals surface area contributed by atoms with Gasteiger partial charge in [-0.2, -0.15) is 0 Å². The smallest absolute Gasteiger partial charge is 0.175 e. The van der Waals surface area contributed by atoms with Crippen LogP contribution in [0.1, 0.15) is 54.5 Å². The first-order valence-electron chi connectivity index (χ1n) is 12.3. The van der Waals surface area contributed by atoms with Crippen LogP contribution in [0, 0.1) is 12.8 Å². The fourth-order valence-corrected chi connectivity index (χ4v) is 5.74. The van der Waals surface area contributed by atoms with Crippen molar-refractivity contribution in [3.8, 4) is 11.5 Å². The van der Waals surface area contributed by atoms with Crippen LogP contribution < -0.4 is 14.8 Å². The molecule has 0 bridgehead atoms. The Morgan fingerprint density at radius 2 is 1.83 bits per heavy atom. The summed E-state index contributed by atoms with van der Waals surface area (Å²) in [5.74, 6) is 2.47. The molecule has 180 valence electrons. The zero-order valence-electron chi connectivity index (χ0n) is 20.4. The number of nitrogens with one attached hydrogen (secondary N) is 1. The molecular weight excluding hydrogens is 500 g/mol. The van der Waals surface area contributed by atoms with E-state index in [1.165, 1.54) is 22.4 Å². The summed E-state index contributed by atoms with van der Waals surface area (Å²) in [5.41, 5.74) is 7.17. The minimum absolute atomic E-state index is 0.291. The van der Waals surface area contributed by atoms with Crippen molar-refractivity contribution in [2.24, 2.45) is 10.9 Å². The fraction of sp³-hybridized carbons (Fsp3) is 0.300. The molecule has 0 amide bonds. The van der Waals surface area contributed by atoms with Gasteiger partial charge >= 0.3 is 0 Å². The Balaban J connectivity index is 1.36. The lowest BCUT2D eigenvalue weighted by molar-refractivity contribution is 0.286. The lowest BCUT2D eigenvalue weighted by Gasteiger charge is -2.37. The van der Waals surface area contributed by atoms with Gasteiger partial charge in [0, 0.05) is 17.8 Å². The minimum Gasteiger partial charge on any atom is -0.490 e. The Labute approximate surface area is 216 Å². The molecule has 0 fully saturated rings. The third-order valence-corrected chi connectivity index (χ3v) is 7.34. The Hall–Kier alpha value is -3.05. The number of anilines is 1. The van der Waals surface area contributed by atoms with Gasteiger partial charge in [0.05, 0.1) is 29.4 Å². The van der Waals surface area contributed by atoms with E-state index in [2.05, 4.69) is 82.8 Å². The first-order chi connectivity index (χ1) is 17.1. The topological polar surface area (TPSA) is 42.8 Å². The predicted molar refractivity (Wildman–Crippen MR) is 148 cm³/mol. The van der Waals surface area contributed by atoms with Crippen molar-refractivity contribution in [3.63, 3.8) is 0 Å². The van der Waals surface area contributed by atoms with Gasteiger partial charge in [-0.05, 0) is 96.1 Å². The molecule has 0 radical (unpaired) electrons. The molecule has 1 aliphatic carbocycles. The Morgan fingerprint density at radius 3 is 2.60 bits per heavy atom. The lowest BCUT2D eigenvalue weighted by Crippen LogP contribution is -2.29. The third kappa shape index (κ3) is 4.87. The number of halogens is 1. The van der Waals surface area contributed by atoms with Crippen molar-refractivity contribution in [2.45, 2.75) is 39.2 Å². The second kappa shape index (κ2) is 10.3. The number of fused-ring (bicyclic) bond motifs is 3. The van der Waals surface area contributed by atoms with Gasteiger partial charge in [0.1, 0.15) is 0 Å². The summed E-state index contributed by atoms with van der Waals surface area (Å²) >= 11 is 3.61. The molecule has 3 atom stereocenters. The van der Waals surface area contributed by atoms with Crippen LogP contribution in [0.4, 0.5) is 11.4 Å². The van der Waals surface area contributed by atoms with Crippen molar-refractivity contribution in [2.75, 3.05) is 18.5 Å². The zero-order chi connectivity index (χ0) is 24.4. The monoisotopic (exact) mass is 530 g/mol. The number of ether oxygens (including phenoxy) is 2. The van der Waals surface area contributed by atoms with E-state index in [0.29, 0.717) is 31.1 Å². The summed E-state index contributed by atoms with van der Waals surface area (Å²) in [6.45, 7) is 7.26. The van der Waals surface area contributed by atoms with Crippen molar-refractivity contribution in [1.82, 2.24) is 0 Å². The zero-order valence-corrected chi connectivity index (χ0v) is 22.0. The third-order valence-electron chi connectivity index (χ3n) is 6.75. The molecule has 4 nitrogen and oxygen atoms in total. The van der Waals surface area contributed by atoms with Crippen LogP contribution in [-0.4, -0.2) is 19.4 Å². The number of hydrogen-bond donors (Lipinski definition) is 1. The number of aryl methyl sites for hydroxylation is 1. The van der Waals surface area contributed by atoms with Crippen molar-refractivity contribution in [3.05, 3.63) is 93.5 Å². The largest absolute Gasteiger partial charge is 0.490 e. The van der Waals surface area contributed by atoms with Crippen molar-refractivity contribution < 1.29 is 9.47 Å². The highest BCUT2D eigenvalue weighted by atomic mass is 79.9. The summed E-state index contributed by atoms with van der Waals surface area (Å²) < 4.78 is 12.4. The molecular formula is C30H31BrN2O2. The number of rotatable bonds is 7. The number of hydrogen-bond acceptors (Lipinski definition) is 4. The van der Waals surface area contributed by atoms with Gasteiger partial charge in [-0.1, -0.05) is 42.0 Å². The second-order valence-electron chi connectivity index (χ2n) is 9.11. The maximum atomic E-state index is 5.78. The van der Waals surface area contributed by atoms with E-state index in [1.807, 2.05) is 32.2 Å². The van der Waals surface area contributed by atoms with Crippen LogP contribution in [0.25, 0.3) is 0 Å². The van der Waals surface area contributed by atoms with E-state index >= 15 is 0 Å². The van der Waals surface area contributed by atoms with Crippen LogP contribution in [0.2, 0.25) is 0 Å². The predicted octanol–water partition coefficient (Wildman–Crippen LogP) is 8.13. The van der Waals surface area contributed by atoms with Gasteiger partial charge in [-0.15, -0.1) is 0 Å². The highest BCUT2D eigenvalue weighted by Crippen LogP contribution is 2.50. The standard InChI is InChI=1S/C30H31BrN2O2/c1-4-34-28-17-20(16-26(31)30(28)35-5-2)18-32-22-12-10-21(11-13-22)29-24-8-6-7-23(24)25-15-19(3)9-14-27(25)33-29/h6-7,9-18,23-24,29,33H,4-5,8H2,1-3H3/t23-,24+,29-/m0/s1. The van der Waals surface area contributed by atoms with Crippen LogP contribution in [0.15, 0.2) is 76.2 Å². The van der Waals surface area contributed by atoms with Gasteiger partial charge < -0.3 is 14.8 Å². The second-order valence-corrected chi connectivity index (χ2v) is 9.97. The van der Waals surface area contributed by atoms with E-state index in [0.717, 1.165) is 33.6 Å². The first-order valence-corrected chi connectivity index (χ1v) is 13.1. The molecule has 5 heteroatoms. The summed E-state index contributed by atoms with van der Waals surface area (Å²) in [7, 11) is 0. The normalized spacial score (nSPS) is 20.4. The number of allylic oxidation sites excluding steroid dienone is 2. The van der Waals surface area contributed by atoms with Crippen molar-refractivity contribution >= 4 is 33.5 Å². The quantitative estimate of drug-likeness (QED) is 0.247. The minimum atomic E-state index is 0.291. The van der Waals surface area contributed by atoms with Crippen LogP contribution in [0.5, 0.6) is 11.5 Å². The molecule has 0 unspecified atom stereocenters. The molecule has 1 heterocycles. The maximum absolute atomic E-state index is 5.78. The van der Waals surface area contributed by atoms with Crippen LogP contribution in [0.3, 0.4) is 0 Å². The molecule has 5 rings (SSSR count). The molecule has 0 saturated heterocycles. The Morgan fingerprint density at radius 1 is 1.03 bits per heavy atom. The first kappa shape index (κ1) is 23.7. The molecule has 1 aliphatic heterocycles. The molecule has 1 N–H and O–H groups in total. The Kier molecular flexibility index (Phi) is 6.96. The highest BCUT2D eigenvalue weighted by molar-refractivity contribution is 9.10. The van der Waals surface area contributed by atoms with E-state index in [-0.39, 0.29) is 0 Å². The van der Waals surface area contributed by atoms with E-state index in [1.54, 1.807) is 0 Å².